The number of aromatic nitrogens is 1. The number of nitrogens with zero attached hydrogens (tertiary/aromatic N) is 1. The first-order valence-electron chi connectivity index (χ1n) is 5.72. The number of hydrogen-bond donors (Lipinski definition) is 1. The Kier molecular flexibility index (Phi) is 3.56. The van der Waals surface area contributed by atoms with Crippen LogP contribution in [0.5, 0.6) is 0 Å². The SMILES string of the molecule is CNC(C)C(C)Cc1nc2ccccc2s1. The van der Waals surface area contributed by atoms with Crippen LogP contribution in [0.3, 0.4) is 0 Å². The highest BCUT2D eigenvalue weighted by molar-refractivity contribution is 7.18. The van der Waals surface area contributed by atoms with E-state index in [1.807, 2.05) is 24.5 Å². The summed E-state index contributed by atoms with van der Waals surface area (Å²) in [5, 5.41) is 4.54. The van der Waals surface area contributed by atoms with Crippen LogP contribution in [-0.4, -0.2) is 18.1 Å². The quantitative estimate of drug-likeness (QED) is 0.879. The van der Waals surface area contributed by atoms with Gasteiger partial charge in [-0.05, 0) is 32.0 Å². The number of hydrogen-bond acceptors (Lipinski definition) is 3. The van der Waals surface area contributed by atoms with Crippen LogP contribution in [-0.2, 0) is 6.42 Å². The number of para-hydroxylation sites is 1. The summed E-state index contributed by atoms with van der Waals surface area (Å²) in [4.78, 5) is 4.66. The molecule has 1 aromatic carbocycles. The van der Waals surface area contributed by atoms with Crippen LogP contribution in [0.2, 0.25) is 0 Å². The molecular weight excluding hydrogens is 216 g/mol. The summed E-state index contributed by atoms with van der Waals surface area (Å²) < 4.78 is 1.29. The topological polar surface area (TPSA) is 24.9 Å². The van der Waals surface area contributed by atoms with Crippen LogP contribution in [0, 0.1) is 5.92 Å². The first-order valence-corrected chi connectivity index (χ1v) is 6.54. The lowest BCUT2D eigenvalue weighted by atomic mass is 10.0. The molecule has 0 bridgehead atoms. The molecule has 0 aliphatic heterocycles. The summed E-state index contributed by atoms with van der Waals surface area (Å²) in [5.41, 5.74) is 1.13. The Morgan fingerprint density at radius 3 is 2.75 bits per heavy atom. The van der Waals surface area contributed by atoms with Crippen LogP contribution < -0.4 is 5.32 Å². The largest absolute Gasteiger partial charge is 0.317 e. The Labute approximate surface area is 101 Å². The number of rotatable bonds is 4. The van der Waals surface area contributed by atoms with Crippen molar-refractivity contribution in [3.63, 3.8) is 0 Å². The van der Waals surface area contributed by atoms with Gasteiger partial charge in [0.15, 0.2) is 0 Å². The van der Waals surface area contributed by atoms with Crippen LogP contribution in [0.4, 0.5) is 0 Å². The van der Waals surface area contributed by atoms with Gasteiger partial charge in [-0.3, -0.25) is 0 Å². The Balaban J connectivity index is 2.15. The first kappa shape index (κ1) is 11.6. The minimum atomic E-state index is 0.534. The average Bonchev–Trinajstić information content (AvgIpc) is 2.69. The standard InChI is InChI=1S/C13H18N2S/c1-9(10(2)14-3)8-13-15-11-6-4-5-7-12(11)16-13/h4-7,9-10,14H,8H2,1-3H3. The number of nitrogens with one attached hydrogen (secondary N) is 1. The third-order valence-corrected chi connectivity index (χ3v) is 4.20. The van der Waals surface area contributed by atoms with Gasteiger partial charge in [0.1, 0.15) is 0 Å². The van der Waals surface area contributed by atoms with Gasteiger partial charge in [-0.15, -0.1) is 11.3 Å². The van der Waals surface area contributed by atoms with E-state index in [-0.39, 0.29) is 0 Å². The van der Waals surface area contributed by atoms with Crippen LogP contribution in [0.25, 0.3) is 10.2 Å². The number of thiazole rings is 1. The van der Waals surface area contributed by atoms with Gasteiger partial charge in [-0.1, -0.05) is 19.1 Å². The molecule has 1 N–H and O–H groups in total. The molecule has 16 heavy (non-hydrogen) atoms. The normalized spacial score (nSPS) is 15.2. The number of benzene rings is 1. The summed E-state index contributed by atoms with van der Waals surface area (Å²) in [6, 6.07) is 8.88. The molecule has 2 aromatic rings. The average molecular weight is 234 g/mol. The van der Waals surface area contributed by atoms with E-state index in [4.69, 9.17) is 0 Å². The lowest BCUT2D eigenvalue weighted by Gasteiger charge is -2.17. The Hall–Kier alpha value is -0.930. The van der Waals surface area contributed by atoms with E-state index >= 15 is 0 Å². The highest BCUT2D eigenvalue weighted by Gasteiger charge is 2.13. The molecule has 2 nitrogen and oxygen atoms in total. The van der Waals surface area contributed by atoms with Gasteiger partial charge in [0.05, 0.1) is 15.2 Å². The van der Waals surface area contributed by atoms with E-state index in [2.05, 4.69) is 42.3 Å². The van der Waals surface area contributed by atoms with Crippen molar-refractivity contribution in [2.24, 2.45) is 5.92 Å². The lowest BCUT2D eigenvalue weighted by Crippen LogP contribution is -2.29. The van der Waals surface area contributed by atoms with Gasteiger partial charge in [-0.2, -0.15) is 0 Å². The summed E-state index contributed by atoms with van der Waals surface area (Å²) >= 11 is 1.81. The fourth-order valence-corrected chi connectivity index (χ4v) is 2.85. The maximum Gasteiger partial charge on any atom is 0.0941 e. The van der Waals surface area contributed by atoms with Gasteiger partial charge in [-0.25, -0.2) is 4.98 Å². The van der Waals surface area contributed by atoms with E-state index in [0.717, 1.165) is 11.9 Å². The summed E-state index contributed by atoms with van der Waals surface area (Å²) in [6.07, 6.45) is 1.06. The van der Waals surface area contributed by atoms with Crippen molar-refractivity contribution >= 4 is 21.6 Å². The van der Waals surface area contributed by atoms with Gasteiger partial charge < -0.3 is 5.32 Å². The molecular formula is C13H18N2S. The van der Waals surface area contributed by atoms with Crippen molar-refractivity contribution < 1.29 is 0 Å². The molecule has 0 radical (unpaired) electrons. The lowest BCUT2D eigenvalue weighted by molar-refractivity contribution is 0.423. The maximum atomic E-state index is 4.66. The molecule has 0 spiro atoms. The minimum absolute atomic E-state index is 0.534. The summed E-state index contributed by atoms with van der Waals surface area (Å²) in [5.74, 6) is 0.616. The molecule has 0 aliphatic rings. The van der Waals surface area contributed by atoms with Crippen molar-refractivity contribution in [1.82, 2.24) is 10.3 Å². The fraction of sp³-hybridized carbons (Fsp3) is 0.462. The second kappa shape index (κ2) is 4.93. The molecule has 1 heterocycles. The van der Waals surface area contributed by atoms with Crippen molar-refractivity contribution in [1.29, 1.82) is 0 Å². The molecule has 0 aliphatic carbocycles. The molecule has 0 saturated carbocycles. The Morgan fingerprint density at radius 2 is 2.06 bits per heavy atom. The maximum absolute atomic E-state index is 4.66. The molecule has 2 unspecified atom stereocenters. The zero-order chi connectivity index (χ0) is 11.5. The van der Waals surface area contributed by atoms with Crippen molar-refractivity contribution in [3.05, 3.63) is 29.3 Å². The zero-order valence-electron chi connectivity index (χ0n) is 10.0. The molecule has 2 rings (SSSR count). The third kappa shape index (κ3) is 2.42. The molecule has 2 atom stereocenters. The van der Waals surface area contributed by atoms with Gasteiger partial charge >= 0.3 is 0 Å². The smallest absolute Gasteiger partial charge is 0.0941 e. The molecule has 0 amide bonds. The number of fused-ring (bicyclic) bond motifs is 1. The summed E-state index contributed by atoms with van der Waals surface area (Å²) in [7, 11) is 2.01. The zero-order valence-corrected chi connectivity index (χ0v) is 10.8. The van der Waals surface area contributed by atoms with E-state index in [0.29, 0.717) is 12.0 Å². The predicted molar refractivity (Wildman–Crippen MR) is 71.0 cm³/mol. The summed E-state index contributed by atoms with van der Waals surface area (Å²) in [6.45, 7) is 4.49. The molecule has 3 heteroatoms. The first-order chi connectivity index (χ1) is 7.70. The van der Waals surface area contributed by atoms with Crippen molar-refractivity contribution in [2.75, 3.05) is 7.05 Å². The van der Waals surface area contributed by atoms with Gasteiger partial charge in [0.2, 0.25) is 0 Å². The monoisotopic (exact) mass is 234 g/mol. The van der Waals surface area contributed by atoms with E-state index in [1.165, 1.54) is 9.71 Å². The Bertz CT molecular complexity index is 431. The van der Waals surface area contributed by atoms with Crippen LogP contribution >= 0.6 is 11.3 Å². The molecule has 86 valence electrons. The molecule has 0 fully saturated rings. The van der Waals surface area contributed by atoms with Crippen molar-refractivity contribution in [2.45, 2.75) is 26.3 Å². The van der Waals surface area contributed by atoms with E-state index in [1.54, 1.807) is 0 Å². The molecule has 1 aromatic heterocycles. The third-order valence-electron chi connectivity index (χ3n) is 3.14. The van der Waals surface area contributed by atoms with Gasteiger partial charge in [0, 0.05) is 12.5 Å². The van der Waals surface area contributed by atoms with E-state index in [9.17, 15) is 0 Å². The highest BCUT2D eigenvalue weighted by Crippen LogP contribution is 2.24. The minimum Gasteiger partial charge on any atom is -0.317 e. The van der Waals surface area contributed by atoms with Crippen molar-refractivity contribution in [3.8, 4) is 0 Å². The Morgan fingerprint density at radius 1 is 1.31 bits per heavy atom. The second-order valence-corrected chi connectivity index (χ2v) is 5.45. The highest BCUT2D eigenvalue weighted by atomic mass is 32.1. The predicted octanol–water partition coefficient (Wildman–Crippen LogP) is 3.08. The fourth-order valence-electron chi connectivity index (χ4n) is 1.74. The second-order valence-electron chi connectivity index (χ2n) is 4.33. The van der Waals surface area contributed by atoms with Crippen LogP contribution in [0.15, 0.2) is 24.3 Å². The van der Waals surface area contributed by atoms with Crippen LogP contribution in [0.1, 0.15) is 18.9 Å². The molecule has 0 saturated heterocycles. The van der Waals surface area contributed by atoms with E-state index < -0.39 is 0 Å². The van der Waals surface area contributed by atoms with Gasteiger partial charge in [0.25, 0.3) is 0 Å².